The molecule has 0 aromatic carbocycles. The van der Waals surface area contributed by atoms with Crippen LogP contribution in [-0.2, 0) is 11.2 Å². The lowest BCUT2D eigenvalue weighted by molar-refractivity contribution is -0.122. The van der Waals surface area contributed by atoms with Crippen molar-refractivity contribution in [1.82, 2.24) is 10.5 Å². The summed E-state index contributed by atoms with van der Waals surface area (Å²) in [7, 11) is 0. The zero-order valence-corrected chi connectivity index (χ0v) is 12.5. The van der Waals surface area contributed by atoms with Gasteiger partial charge in [0.25, 0.3) is 0 Å². The van der Waals surface area contributed by atoms with Gasteiger partial charge in [-0.1, -0.05) is 5.16 Å². The molecular weight excluding hydrogens is 264 g/mol. The highest BCUT2D eigenvalue weighted by atomic mass is 32.2. The molecule has 0 fully saturated rings. The van der Waals surface area contributed by atoms with Crippen LogP contribution in [0, 0.1) is 13.8 Å². The van der Waals surface area contributed by atoms with Crippen molar-refractivity contribution < 1.29 is 14.4 Å². The molecule has 108 valence electrons. The van der Waals surface area contributed by atoms with Crippen LogP contribution in [0.1, 0.15) is 29.9 Å². The van der Waals surface area contributed by atoms with Crippen molar-refractivity contribution in [2.24, 2.45) is 0 Å². The van der Waals surface area contributed by atoms with Crippen molar-refractivity contribution in [2.45, 2.75) is 39.2 Å². The third-order valence-electron chi connectivity index (χ3n) is 3.04. The van der Waals surface area contributed by atoms with Gasteiger partial charge in [0, 0.05) is 12.0 Å². The standard InChI is InChI=1S/C13H22N2O3S/c1-9-12(10(2)18-15-9)4-5-13(17)14-11(8-16)6-7-19-3/h11,16H,4-8H2,1-3H3,(H,14,17). The van der Waals surface area contributed by atoms with Crippen LogP contribution in [0.3, 0.4) is 0 Å². The lowest BCUT2D eigenvalue weighted by atomic mass is 10.1. The predicted octanol–water partition coefficient (Wildman–Crippen LogP) is 1.45. The molecule has 1 aromatic heterocycles. The number of rotatable bonds is 8. The molecule has 5 nitrogen and oxygen atoms in total. The fourth-order valence-corrected chi connectivity index (χ4v) is 2.39. The fraction of sp³-hybridized carbons (Fsp3) is 0.692. The Morgan fingerprint density at radius 2 is 2.26 bits per heavy atom. The minimum Gasteiger partial charge on any atom is -0.394 e. The van der Waals surface area contributed by atoms with Crippen LogP contribution in [0.4, 0.5) is 0 Å². The van der Waals surface area contributed by atoms with E-state index in [4.69, 9.17) is 4.52 Å². The normalized spacial score (nSPS) is 12.4. The molecule has 6 heteroatoms. The van der Waals surface area contributed by atoms with Gasteiger partial charge >= 0.3 is 0 Å². The van der Waals surface area contributed by atoms with Gasteiger partial charge in [0.2, 0.25) is 5.91 Å². The summed E-state index contributed by atoms with van der Waals surface area (Å²) < 4.78 is 5.06. The quantitative estimate of drug-likeness (QED) is 0.756. The van der Waals surface area contributed by atoms with Crippen molar-refractivity contribution in [3.63, 3.8) is 0 Å². The molecule has 0 spiro atoms. The molecule has 1 unspecified atom stereocenters. The van der Waals surface area contributed by atoms with Gasteiger partial charge in [-0.05, 0) is 38.7 Å². The highest BCUT2D eigenvalue weighted by molar-refractivity contribution is 7.98. The summed E-state index contributed by atoms with van der Waals surface area (Å²) in [5, 5.41) is 15.9. The number of hydrogen-bond acceptors (Lipinski definition) is 5. The molecule has 0 aliphatic rings. The number of nitrogens with zero attached hydrogens (tertiary/aromatic N) is 1. The lowest BCUT2D eigenvalue weighted by Gasteiger charge is -2.15. The van der Waals surface area contributed by atoms with E-state index >= 15 is 0 Å². The van der Waals surface area contributed by atoms with Crippen LogP contribution in [0.2, 0.25) is 0 Å². The summed E-state index contributed by atoms with van der Waals surface area (Å²) in [6.45, 7) is 3.71. The molecule has 0 bridgehead atoms. The van der Waals surface area contributed by atoms with Crippen LogP contribution >= 0.6 is 11.8 Å². The van der Waals surface area contributed by atoms with Gasteiger partial charge in [0.1, 0.15) is 5.76 Å². The van der Waals surface area contributed by atoms with E-state index in [1.54, 1.807) is 11.8 Å². The Morgan fingerprint density at radius 3 is 2.79 bits per heavy atom. The number of aromatic nitrogens is 1. The second-order valence-corrected chi connectivity index (χ2v) is 5.52. The Hall–Kier alpha value is -1.01. The molecular formula is C13H22N2O3S. The highest BCUT2D eigenvalue weighted by Crippen LogP contribution is 2.14. The first kappa shape index (κ1) is 16.0. The van der Waals surface area contributed by atoms with Crippen molar-refractivity contribution in [3.8, 4) is 0 Å². The maximum absolute atomic E-state index is 11.8. The number of amides is 1. The fourth-order valence-electron chi connectivity index (χ4n) is 1.87. The number of aliphatic hydroxyl groups excluding tert-OH is 1. The average Bonchev–Trinajstić information content (AvgIpc) is 2.71. The van der Waals surface area contributed by atoms with Crippen LogP contribution in [-0.4, -0.2) is 40.8 Å². The monoisotopic (exact) mass is 286 g/mol. The van der Waals surface area contributed by atoms with Gasteiger partial charge in [-0.15, -0.1) is 0 Å². The molecule has 1 amide bonds. The molecule has 1 aromatic rings. The molecule has 1 heterocycles. The van der Waals surface area contributed by atoms with Crippen LogP contribution in [0.5, 0.6) is 0 Å². The van der Waals surface area contributed by atoms with Crippen molar-refractivity contribution in [1.29, 1.82) is 0 Å². The first-order valence-corrected chi connectivity index (χ1v) is 7.78. The van der Waals surface area contributed by atoms with Crippen molar-refractivity contribution in [2.75, 3.05) is 18.6 Å². The first-order chi connectivity index (χ1) is 9.08. The van der Waals surface area contributed by atoms with Crippen LogP contribution in [0.25, 0.3) is 0 Å². The molecule has 0 saturated carbocycles. The van der Waals surface area contributed by atoms with Gasteiger partial charge in [-0.25, -0.2) is 0 Å². The van der Waals surface area contributed by atoms with E-state index in [2.05, 4.69) is 10.5 Å². The smallest absolute Gasteiger partial charge is 0.220 e. The summed E-state index contributed by atoms with van der Waals surface area (Å²) in [5.74, 6) is 1.65. The lowest BCUT2D eigenvalue weighted by Crippen LogP contribution is -2.38. The van der Waals surface area contributed by atoms with E-state index in [1.807, 2.05) is 20.1 Å². The highest BCUT2D eigenvalue weighted by Gasteiger charge is 2.14. The second kappa shape index (κ2) is 8.22. The number of aliphatic hydroxyl groups is 1. The third-order valence-corrected chi connectivity index (χ3v) is 3.68. The molecule has 0 radical (unpaired) electrons. The minimum absolute atomic E-state index is 0.0162. The molecule has 0 aliphatic carbocycles. The number of carbonyl (C=O) groups excluding carboxylic acids is 1. The third kappa shape index (κ3) is 5.24. The molecule has 0 aliphatic heterocycles. The summed E-state index contributed by atoms with van der Waals surface area (Å²) in [6.07, 6.45) is 3.80. The van der Waals surface area contributed by atoms with Gasteiger partial charge < -0.3 is 14.9 Å². The number of nitrogens with one attached hydrogen (secondary N) is 1. The molecule has 0 saturated heterocycles. The zero-order chi connectivity index (χ0) is 14.3. The number of carbonyl (C=O) groups is 1. The Balaban J connectivity index is 2.38. The van der Waals surface area contributed by atoms with Crippen molar-refractivity contribution >= 4 is 17.7 Å². The molecule has 2 N–H and O–H groups in total. The predicted molar refractivity (Wildman–Crippen MR) is 76.3 cm³/mol. The number of thioether (sulfide) groups is 1. The number of aryl methyl sites for hydroxylation is 2. The van der Waals surface area contributed by atoms with Gasteiger partial charge in [0.15, 0.2) is 0 Å². The van der Waals surface area contributed by atoms with Gasteiger partial charge in [-0.2, -0.15) is 11.8 Å². The molecule has 1 atom stereocenters. The van der Waals surface area contributed by atoms with Crippen LogP contribution < -0.4 is 5.32 Å². The van der Waals surface area contributed by atoms with Gasteiger partial charge in [-0.3, -0.25) is 4.79 Å². The summed E-state index contributed by atoms with van der Waals surface area (Å²) >= 11 is 1.70. The Labute approximate surface area is 118 Å². The molecule has 1 rings (SSSR count). The average molecular weight is 286 g/mol. The minimum atomic E-state index is -0.149. The van der Waals surface area contributed by atoms with E-state index in [0.717, 1.165) is 29.2 Å². The Morgan fingerprint density at radius 1 is 1.53 bits per heavy atom. The largest absolute Gasteiger partial charge is 0.394 e. The second-order valence-electron chi connectivity index (χ2n) is 4.53. The molecule has 19 heavy (non-hydrogen) atoms. The topological polar surface area (TPSA) is 75.4 Å². The van der Waals surface area contributed by atoms with Gasteiger partial charge in [0.05, 0.1) is 18.3 Å². The van der Waals surface area contributed by atoms with Crippen molar-refractivity contribution in [3.05, 3.63) is 17.0 Å². The first-order valence-electron chi connectivity index (χ1n) is 6.39. The SMILES string of the molecule is CSCCC(CO)NC(=O)CCc1c(C)noc1C. The van der Waals surface area contributed by atoms with E-state index < -0.39 is 0 Å². The summed E-state index contributed by atoms with van der Waals surface area (Å²) in [6, 6.07) is -0.149. The van der Waals surface area contributed by atoms with E-state index in [-0.39, 0.29) is 18.6 Å². The summed E-state index contributed by atoms with van der Waals surface area (Å²) in [5.41, 5.74) is 1.84. The number of hydrogen-bond donors (Lipinski definition) is 2. The van der Waals surface area contributed by atoms with E-state index in [0.29, 0.717) is 12.8 Å². The Kier molecular flexibility index (Phi) is 6.94. The Bertz CT molecular complexity index is 387. The summed E-state index contributed by atoms with van der Waals surface area (Å²) in [4.78, 5) is 11.8. The van der Waals surface area contributed by atoms with E-state index in [9.17, 15) is 9.90 Å². The van der Waals surface area contributed by atoms with Crippen LogP contribution in [0.15, 0.2) is 4.52 Å². The maximum Gasteiger partial charge on any atom is 0.220 e. The zero-order valence-electron chi connectivity index (χ0n) is 11.7. The maximum atomic E-state index is 11.8. The van der Waals surface area contributed by atoms with E-state index in [1.165, 1.54) is 0 Å².